The van der Waals surface area contributed by atoms with Crippen molar-refractivity contribution in [2.24, 2.45) is 5.73 Å². The van der Waals surface area contributed by atoms with Crippen molar-refractivity contribution in [1.29, 1.82) is 0 Å². The molecule has 112 valence electrons. The lowest BCUT2D eigenvalue weighted by Crippen LogP contribution is -2.37. The maximum atomic E-state index is 6.64. The number of rotatable bonds is 5. The second-order valence-corrected chi connectivity index (χ2v) is 6.19. The zero-order valence-corrected chi connectivity index (χ0v) is 14.0. The molecule has 1 atom stereocenters. The van der Waals surface area contributed by atoms with Gasteiger partial charge in [-0.25, -0.2) is 0 Å². The number of nitrogens with two attached hydrogens (primary N) is 1. The lowest BCUT2D eigenvalue weighted by molar-refractivity contribution is 0.322. The minimum Gasteiger partial charge on any atom is -0.323 e. The summed E-state index contributed by atoms with van der Waals surface area (Å²) in [6.45, 7) is 4.38. The van der Waals surface area contributed by atoms with E-state index in [1.54, 1.807) is 0 Å². The highest BCUT2D eigenvalue weighted by molar-refractivity contribution is 6.42. The Morgan fingerprint density at radius 1 is 0.952 bits per heavy atom. The lowest BCUT2D eigenvalue weighted by Gasteiger charge is -2.38. The molecule has 0 heterocycles. The maximum Gasteiger partial charge on any atom is 0.0595 e. The molecule has 21 heavy (non-hydrogen) atoms. The SMILES string of the molecule is CCC(CC)(c1ccccc1)C(N)c1ccc(Cl)c(Cl)c1. The highest BCUT2D eigenvalue weighted by Crippen LogP contribution is 2.42. The first kappa shape index (κ1) is 16.4. The molecule has 0 saturated heterocycles. The van der Waals surface area contributed by atoms with Crippen LogP contribution in [-0.2, 0) is 5.41 Å². The van der Waals surface area contributed by atoms with E-state index >= 15 is 0 Å². The smallest absolute Gasteiger partial charge is 0.0595 e. The summed E-state index contributed by atoms with van der Waals surface area (Å²) in [5.41, 5.74) is 8.84. The summed E-state index contributed by atoms with van der Waals surface area (Å²) in [7, 11) is 0. The maximum absolute atomic E-state index is 6.64. The van der Waals surface area contributed by atoms with Gasteiger partial charge in [0.2, 0.25) is 0 Å². The molecule has 1 unspecified atom stereocenters. The van der Waals surface area contributed by atoms with E-state index in [4.69, 9.17) is 28.9 Å². The van der Waals surface area contributed by atoms with E-state index in [0.717, 1.165) is 18.4 Å². The van der Waals surface area contributed by atoms with Crippen LogP contribution in [0.5, 0.6) is 0 Å². The average Bonchev–Trinajstić information content (AvgIpc) is 2.52. The third-order valence-corrected chi connectivity index (χ3v) is 5.25. The molecule has 0 amide bonds. The number of benzene rings is 2. The first-order valence-electron chi connectivity index (χ1n) is 7.31. The lowest BCUT2D eigenvalue weighted by atomic mass is 9.68. The van der Waals surface area contributed by atoms with E-state index < -0.39 is 0 Å². The Labute approximate surface area is 137 Å². The number of hydrogen-bond donors (Lipinski definition) is 1. The molecule has 0 spiro atoms. The van der Waals surface area contributed by atoms with Crippen LogP contribution in [0.25, 0.3) is 0 Å². The standard InChI is InChI=1S/C18H21Cl2N/c1-3-18(4-2,14-8-6-5-7-9-14)17(21)13-10-11-15(19)16(20)12-13/h5-12,17H,3-4,21H2,1-2H3. The third-order valence-electron chi connectivity index (χ3n) is 4.51. The van der Waals surface area contributed by atoms with Crippen molar-refractivity contribution in [3.63, 3.8) is 0 Å². The van der Waals surface area contributed by atoms with Crippen LogP contribution in [0.15, 0.2) is 48.5 Å². The summed E-state index contributed by atoms with van der Waals surface area (Å²) < 4.78 is 0. The van der Waals surface area contributed by atoms with Gasteiger partial charge in [-0.1, -0.05) is 73.4 Å². The summed E-state index contributed by atoms with van der Waals surface area (Å²) in [5, 5.41) is 1.12. The molecule has 2 N–H and O–H groups in total. The quantitative estimate of drug-likeness (QED) is 0.745. The Morgan fingerprint density at radius 3 is 2.10 bits per heavy atom. The fourth-order valence-electron chi connectivity index (χ4n) is 3.07. The second kappa shape index (κ2) is 6.83. The van der Waals surface area contributed by atoms with Crippen LogP contribution in [0.2, 0.25) is 10.0 Å². The highest BCUT2D eigenvalue weighted by atomic mass is 35.5. The Kier molecular flexibility index (Phi) is 5.32. The average molecular weight is 322 g/mol. The predicted octanol–water partition coefficient (Wildman–Crippen LogP) is 5.75. The molecule has 0 aromatic heterocycles. The minimum absolute atomic E-state index is 0.0988. The molecule has 0 fully saturated rings. The van der Waals surface area contributed by atoms with Crippen molar-refractivity contribution in [2.75, 3.05) is 0 Å². The van der Waals surface area contributed by atoms with Gasteiger partial charge >= 0.3 is 0 Å². The van der Waals surface area contributed by atoms with Gasteiger partial charge in [0.1, 0.15) is 0 Å². The Hall–Kier alpha value is -1.02. The monoisotopic (exact) mass is 321 g/mol. The number of halogens is 2. The molecule has 2 aromatic carbocycles. The van der Waals surface area contributed by atoms with Crippen molar-refractivity contribution in [1.82, 2.24) is 0 Å². The van der Waals surface area contributed by atoms with Crippen molar-refractivity contribution in [2.45, 2.75) is 38.1 Å². The van der Waals surface area contributed by atoms with E-state index in [1.165, 1.54) is 5.56 Å². The molecule has 0 aliphatic rings. The third kappa shape index (κ3) is 3.11. The zero-order chi connectivity index (χ0) is 15.5. The Balaban J connectivity index is 2.49. The summed E-state index contributed by atoms with van der Waals surface area (Å²) in [6.07, 6.45) is 1.93. The topological polar surface area (TPSA) is 26.0 Å². The second-order valence-electron chi connectivity index (χ2n) is 5.38. The van der Waals surface area contributed by atoms with Crippen molar-refractivity contribution in [3.8, 4) is 0 Å². The van der Waals surface area contributed by atoms with Crippen LogP contribution in [0, 0.1) is 0 Å². The van der Waals surface area contributed by atoms with E-state index in [2.05, 4.69) is 38.1 Å². The Morgan fingerprint density at radius 2 is 1.57 bits per heavy atom. The largest absolute Gasteiger partial charge is 0.323 e. The molecule has 0 aliphatic heterocycles. The van der Waals surface area contributed by atoms with E-state index in [9.17, 15) is 0 Å². The van der Waals surface area contributed by atoms with E-state index in [0.29, 0.717) is 10.0 Å². The van der Waals surface area contributed by atoms with Gasteiger partial charge in [-0.3, -0.25) is 0 Å². The highest BCUT2D eigenvalue weighted by Gasteiger charge is 2.36. The molecule has 3 heteroatoms. The Bertz CT molecular complexity index is 591. The van der Waals surface area contributed by atoms with Gasteiger partial charge in [0.15, 0.2) is 0 Å². The van der Waals surface area contributed by atoms with Gasteiger partial charge < -0.3 is 5.73 Å². The normalized spacial score (nSPS) is 13.2. The first-order valence-corrected chi connectivity index (χ1v) is 8.06. The molecule has 1 nitrogen and oxygen atoms in total. The molecular formula is C18H21Cl2N. The van der Waals surface area contributed by atoms with E-state index in [-0.39, 0.29) is 11.5 Å². The van der Waals surface area contributed by atoms with Gasteiger partial charge in [0.25, 0.3) is 0 Å². The van der Waals surface area contributed by atoms with Crippen LogP contribution in [-0.4, -0.2) is 0 Å². The van der Waals surface area contributed by atoms with E-state index in [1.807, 2.05) is 24.3 Å². The summed E-state index contributed by atoms with van der Waals surface area (Å²) >= 11 is 12.2. The van der Waals surface area contributed by atoms with Crippen molar-refractivity contribution in [3.05, 3.63) is 69.7 Å². The summed E-state index contributed by atoms with van der Waals surface area (Å²) in [4.78, 5) is 0. The fraction of sp³-hybridized carbons (Fsp3) is 0.333. The minimum atomic E-state index is -0.121. The molecule has 0 bridgehead atoms. The predicted molar refractivity (Wildman–Crippen MR) is 92.1 cm³/mol. The number of hydrogen-bond acceptors (Lipinski definition) is 1. The van der Waals surface area contributed by atoms with Gasteiger partial charge in [-0.05, 0) is 36.1 Å². The van der Waals surface area contributed by atoms with Gasteiger partial charge in [-0.2, -0.15) is 0 Å². The van der Waals surface area contributed by atoms with Gasteiger partial charge in [-0.15, -0.1) is 0 Å². The van der Waals surface area contributed by atoms with Crippen LogP contribution >= 0.6 is 23.2 Å². The van der Waals surface area contributed by atoms with Gasteiger partial charge in [0.05, 0.1) is 10.0 Å². The molecule has 2 aromatic rings. The molecular weight excluding hydrogens is 301 g/mol. The fourth-order valence-corrected chi connectivity index (χ4v) is 3.38. The van der Waals surface area contributed by atoms with Crippen LogP contribution < -0.4 is 5.73 Å². The molecule has 0 saturated carbocycles. The van der Waals surface area contributed by atoms with Crippen molar-refractivity contribution >= 4 is 23.2 Å². The molecule has 2 rings (SSSR count). The zero-order valence-electron chi connectivity index (χ0n) is 12.4. The summed E-state index contributed by atoms with van der Waals surface area (Å²) in [6, 6.07) is 16.0. The summed E-state index contributed by atoms with van der Waals surface area (Å²) in [5.74, 6) is 0. The van der Waals surface area contributed by atoms with Crippen LogP contribution in [0.3, 0.4) is 0 Å². The molecule has 0 aliphatic carbocycles. The van der Waals surface area contributed by atoms with Crippen molar-refractivity contribution < 1.29 is 0 Å². The molecule has 0 radical (unpaired) electrons. The van der Waals surface area contributed by atoms with Crippen LogP contribution in [0.4, 0.5) is 0 Å². The van der Waals surface area contributed by atoms with Gasteiger partial charge in [0, 0.05) is 11.5 Å². The first-order chi connectivity index (χ1) is 10.0. The van der Waals surface area contributed by atoms with Crippen LogP contribution in [0.1, 0.15) is 43.9 Å².